The maximum Gasteiger partial charge on any atom is 0.144 e. The van der Waals surface area contributed by atoms with E-state index in [1.807, 2.05) is 23.9 Å². The molecule has 0 aliphatic carbocycles. The van der Waals surface area contributed by atoms with Crippen LogP contribution in [-0.2, 0) is 10.5 Å². The number of nitriles is 1. The van der Waals surface area contributed by atoms with Crippen LogP contribution in [0.5, 0.6) is 0 Å². The van der Waals surface area contributed by atoms with Gasteiger partial charge in [0.1, 0.15) is 11.8 Å². The van der Waals surface area contributed by atoms with Gasteiger partial charge in [0.2, 0.25) is 0 Å². The van der Waals surface area contributed by atoms with Gasteiger partial charge in [0, 0.05) is 24.3 Å². The first kappa shape index (κ1) is 11.4. The molecule has 4 heteroatoms. The number of ether oxygens (including phenoxy) is 1. The number of hydrogen-bond acceptors (Lipinski definition) is 4. The highest BCUT2D eigenvalue weighted by Crippen LogP contribution is 2.20. The molecule has 2 heterocycles. The molecule has 1 aromatic rings. The van der Waals surface area contributed by atoms with E-state index in [4.69, 9.17) is 10.00 Å². The summed E-state index contributed by atoms with van der Waals surface area (Å²) in [7, 11) is 0. The van der Waals surface area contributed by atoms with E-state index in [-0.39, 0.29) is 0 Å². The summed E-state index contributed by atoms with van der Waals surface area (Å²) in [6, 6.07) is 5.96. The molecule has 16 heavy (non-hydrogen) atoms. The van der Waals surface area contributed by atoms with Crippen molar-refractivity contribution in [1.29, 1.82) is 5.26 Å². The SMILES string of the molecule is N#Cc1ncccc1CSCC1CCCO1. The summed E-state index contributed by atoms with van der Waals surface area (Å²) in [5.74, 6) is 1.86. The molecule has 0 spiro atoms. The Morgan fingerprint density at radius 2 is 2.56 bits per heavy atom. The Morgan fingerprint density at radius 1 is 1.62 bits per heavy atom. The third kappa shape index (κ3) is 2.97. The van der Waals surface area contributed by atoms with Gasteiger partial charge in [0.25, 0.3) is 0 Å². The van der Waals surface area contributed by atoms with Crippen LogP contribution >= 0.6 is 11.8 Å². The normalized spacial score (nSPS) is 19.6. The summed E-state index contributed by atoms with van der Waals surface area (Å²) in [5.41, 5.74) is 1.57. The maximum absolute atomic E-state index is 8.88. The smallest absolute Gasteiger partial charge is 0.144 e. The van der Waals surface area contributed by atoms with Crippen molar-refractivity contribution in [3.8, 4) is 6.07 Å². The molecule has 2 rings (SSSR count). The standard InChI is InChI=1S/C12H14N2OS/c13-7-12-10(3-1-5-14-12)8-16-9-11-4-2-6-15-11/h1,3,5,11H,2,4,6,8-9H2. The molecule has 1 unspecified atom stereocenters. The largest absolute Gasteiger partial charge is 0.377 e. The zero-order valence-corrected chi connectivity index (χ0v) is 9.87. The predicted octanol–water partition coefficient (Wildman–Crippen LogP) is 2.37. The molecular formula is C12H14N2OS. The molecule has 1 aromatic heterocycles. The first-order valence-corrected chi connectivity index (χ1v) is 6.59. The minimum atomic E-state index is 0.409. The van der Waals surface area contributed by atoms with Crippen molar-refractivity contribution in [3.63, 3.8) is 0 Å². The van der Waals surface area contributed by atoms with Crippen LogP contribution < -0.4 is 0 Å². The molecule has 84 valence electrons. The maximum atomic E-state index is 8.88. The van der Waals surface area contributed by atoms with Crippen LogP contribution in [0.1, 0.15) is 24.1 Å². The molecule has 0 N–H and O–H groups in total. The van der Waals surface area contributed by atoms with Crippen LogP contribution in [0.2, 0.25) is 0 Å². The molecule has 1 atom stereocenters. The van der Waals surface area contributed by atoms with Crippen LogP contribution in [0.15, 0.2) is 18.3 Å². The van der Waals surface area contributed by atoms with E-state index in [9.17, 15) is 0 Å². The van der Waals surface area contributed by atoms with Gasteiger partial charge < -0.3 is 4.74 Å². The van der Waals surface area contributed by atoms with E-state index in [1.165, 1.54) is 12.8 Å². The Balaban J connectivity index is 1.82. The molecule has 3 nitrogen and oxygen atoms in total. The van der Waals surface area contributed by atoms with Gasteiger partial charge in [0.15, 0.2) is 0 Å². The van der Waals surface area contributed by atoms with Crippen LogP contribution in [-0.4, -0.2) is 23.4 Å². The number of hydrogen-bond donors (Lipinski definition) is 0. The number of pyridine rings is 1. The first-order chi connectivity index (χ1) is 7.90. The second kappa shape index (κ2) is 5.88. The van der Waals surface area contributed by atoms with Crippen LogP contribution in [0.25, 0.3) is 0 Å². The average Bonchev–Trinajstić information content (AvgIpc) is 2.83. The molecule has 0 aromatic carbocycles. The molecule has 1 aliphatic rings. The average molecular weight is 234 g/mol. The summed E-state index contributed by atoms with van der Waals surface area (Å²) in [5, 5.41) is 8.88. The van der Waals surface area contributed by atoms with E-state index >= 15 is 0 Å². The molecule has 0 radical (unpaired) electrons. The Bertz CT molecular complexity index is 383. The Kier molecular flexibility index (Phi) is 4.20. The monoisotopic (exact) mass is 234 g/mol. The number of nitrogens with zero attached hydrogens (tertiary/aromatic N) is 2. The van der Waals surface area contributed by atoms with Gasteiger partial charge >= 0.3 is 0 Å². The number of thioether (sulfide) groups is 1. The van der Waals surface area contributed by atoms with E-state index in [2.05, 4.69) is 11.1 Å². The fraction of sp³-hybridized carbons (Fsp3) is 0.500. The van der Waals surface area contributed by atoms with Gasteiger partial charge in [-0.2, -0.15) is 17.0 Å². The highest BCUT2D eigenvalue weighted by Gasteiger charge is 2.15. The fourth-order valence-corrected chi connectivity index (χ4v) is 2.83. The van der Waals surface area contributed by atoms with Crippen molar-refractivity contribution in [2.75, 3.05) is 12.4 Å². The van der Waals surface area contributed by atoms with Crippen LogP contribution in [0.3, 0.4) is 0 Å². The lowest BCUT2D eigenvalue weighted by atomic mass is 10.2. The predicted molar refractivity (Wildman–Crippen MR) is 64.1 cm³/mol. The Labute approximate surface area is 99.8 Å². The third-order valence-electron chi connectivity index (χ3n) is 2.58. The van der Waals surface area contributed by atoms with Gasteiger partial charge in [-0.1, -0.05) is 6.07 Å². The van der Waals surface area contributed by atoms with Crippen molar-refractivity contribution in [2.45, 2.75) is 24.7 Å². The fourth-order valence-electron chi connectivity index (χ4n) is 1.73. The quantitative estimate of drug-likeness (QED) is 0.802. The van der Waals surface area contributed by atoms with Crippen molar-refractivity contribution in [1.82, 2.24) is 4.98 Å². The van der Waals surface area contributed by atoms with Gasteiger partial charge in [-0.25, -0.2) is 4.98 Å². The molecule has 0 bridgehead atoms. The third-order valence-corrected chi connectivity index (χ3v) is 3.71. The molecular weight excluding hydrogens is 220 g/mol. The number of rotatable bonds is 4. The zero-order chi connectivity index (χ0) is 11.2. The second-order valence-corrected chi connectivity index (χ2v) is 4.80. The zero-order valence-electron chi connectivity index (χ0n) is 9.06. The van der Waals surface area contributed by atoms with Crippen molar-refractivity contribution in [2.24, 2.45) is 0 Å². The van der Waals surface area contributed by atoms with E-state index < -0.39 is 0 Å². The number of aromatic nitrogens is 1. The Hall–Kier alpha value is -1.05. The molecule has 1 saturated heterocycles. The molecule has 1 fully saturated rings. The Morgan fingerprint density at radius 3 is 3.31 bits per heavy atom. The molecule has 1 aliphatic heterocycles. The summed E-state index contributed by atoms with van der Waals surface area (Å²) < 4.78 is 5.55. The minimum Gasteiger partial charge on any atom is -0.377 e. The summed E-state index contributed by atoms with van der Waals surface area (Å²) in [6.07, 6.45) is 4.42. The van der Waals surface area contributed by atoms with Gasteiger partial charge in [-0.05, 0) is 24.5 Å². The topological polar surface area (TPSA) is 45.9 Å². The first-order valence-electron chi connectivity index (χ1n) is 5.43. The minimum absolute atomic E-state index is 0.409. The van der Waals surface area contributed by atoms with E-state index in [0.717, 1.165) is 23.7 Å². The van der Waals surface area contributed by atoms with Crippen molar-refractivity contribution >= 4 is 11.8 Å². The van der Waals surface area contributed by atoms with E-state index in [1.54, 1.807) is 6.20 Å². The second-order valence-electron chi connectivity index (χ2n) is 3.77. The van der Waals surface area contributed by atoms with E-state index in [0.29, 0.717) is 11.8 Å². The molecule has 0 amide bonds. The molecule has 0 saturated carbocycles. The lowest BCUT2D eigenvalue weighted by Gasteiger charge is -2.08. The van der Waals surface area contributed by atoms with Crippen LogP contribution in [0, 0.1) is 11.3 Å². The van der Waals surface area contributed by atoms with Gasteiger partial charge in [0.05, 0.1) is 6.10 Å². The van der Waals surface area contributed by atoms with Gasteiger partial charge in [-0.3, -0.25) is 0 Å². The van der Waals surface area contributed by atoms with Crippen molar-refractivity contribution < 1.29 is 4.74 Å². The summed E-state index contributed by atoms with van der Waals surface area (Å²) in [4.78, 5) is 4.04. The van der Waals surface area contributed by atoms with Crippen molar-refractivity contribution in [3.05, 3.63) is 29.6 Å². The highest BCUT2D eigenvalue weighted by atomic mass is 32.2. The summed E-state index contributed by atoms with van der Waals surface area (Å²) >= 11 is 1.82. The highest BCUT2D eigenvalue weighted by molar-refractivity contribution is 7.98. The lowest BCUT2D eigenvalue weighted by Crippen LogP contribution is -2.08. The van der Waals surface area contributed by atoms with Gasteiger partial charge in [-0.15, -0.1) is 0 Å². The summed E-state index contributed by atoms with van der Waals surface area (Å²) in [6.45, 7) is 0.904. The van der Waals surface area contributed by atoms with Crippen LogP contribution in [0.4, 0.5) is 0 Å². The lowest BCUT2D eigenvalue weighted by molar-refractivity contribution is 0.129.